The van der Waals surface area contributed by atoms with Gasteiger partial charge in [0.1, 0.15) is 0 Å². The van der Waals surface area contributed by atoms with Crippen molar-refractivity contribution in [3.8, 4) is 0 Å². The Bertz CT molecular complexity index is 164. The van der Waals surface area contributed by atoms with Gasteiger partial charge in [-0.1, -0.05) is 19.8 Å². The van der Waals surface area contributed by atoms with E-state index >= 15 is 0 Å². The van der Waals surface area contributed by atoms with Crippen LogP contribution in [0.5, 0.6) is 0 Å². The second-order valence-corrected chi connectivity index (χ2v) is 4.99. The summed E-state index contributed by atoms with van der Waals surface area (Å²) >= 11 is 0. The average molecular weight is 199 g/mol. The van der Waals surface area contributed by atoms with Gasteiger partial charge in [-0.2, -0.15) is 0 Å². The lowest BCUT2D eigenvalue weighted by Gasteiger charge is -2.34. The Balaban J connectivity index is 2.41. The van der Waals surface area contributed by atoms with Gasteiger partial charge in [-0.05, 0) is 39.2 Å². The van der Waals surface area contributed by atoms with E-state index < -0.39 is 0 Å². The molecule has 0 saturated heterocycles. The third-order valence-electron chi connectivity index (χ3n) is 3.27. The molecule has 1 unspecified atom stereocenters. The van der Waals surface area contributed by atoms with E-state index in [0.29, 0.717) is 6.04 Å². The molecule has 1 rings (SSSR count). The van der Waals surface area contributed by atoms with Crippen molar-refractivity contribution in [2.24, 2.45) is 5.92 Å². The lowest BCUT2D eigenvalue weighted by Crippen LogP contribution is -2.48. The first kappa shape index (κ1) is 12.0. The minimum absolute atomic E-state index is 0.0300. The smallest absolute Gasteiger partial charge is 0.0775 e. The lowest BCUT2D eigenvalue weighted by molar-refractivity contribution is -0.0139. The number of rotatable bonds is 7. The summed E-state index contributed by atoms with van der Waals surface area (Å²) in [6.07, 6.45) is 5.32. The molecular weight excluding hydrogens is 174 g/mol. The van der Waals surface area contributed by atoms with Crippen LogP contribution in [-0.2, 0) is 4.74 Å². The van der Waals surface area contributed by atoms with Gasteiger partial charge in [0, 0.05) is 13.2 Å². The summed E-state index contributed by atoms with van der Waals surface area (Å²) in [5, 5.41) is 3.61. The van der Waals surface area contributed by atoms with Crippen LogP contribution < -0.4 is 5.32 Å². The summed E-state index contributed by atoms with van der Waals surface area (Å²) in [7, 11) is 1.81. The highest BCUT2D eigenvalue weighted by Gasteiger charge is 2.34. The molecule has 1 aliphatic rings. The van der Waals surface area contributed by atoms with Crippen molar-refractivity contribution in [2.45, 2.75) is 58.1 Å². The SMILES string of the molecule is CCCNC(CC1CC1)C(C)(C)OC. The predicted molar refractivity (Wildman–Crippen MR) is 60.5 cm³/mol. The molecule has 0 aromatic heterocycles. The summed E-state index contributed by atoms with van der Waals surface area (Å²) in [6, 6.07) is 0.514. The molecule has 1 atom stereocenters. The Morgan fingerprint density at radius 1 is 1.43 bits per heavy atom. The molecule has 14 heavy (non-hydrogen) atoms. The first-order chi connectivity index (χ1) is 6.60. The number of methoxy groups -OCH3 is 1. The van der Waals surface area contributed by atoms with Crippen molar-refractivity contribution in [1.82, 2.24) is 5.32 Å². The summed E-state index contributed by atoms with van der Waals surface area (Å²) in [5.74, 6) is 0.957. The number of ether oxygens (including phenoxy) is 1. The van der Waals surface area contributed by atoms with E-state index in [1.165, 1.54) is 25.7 Å². The maximum absolute atomic E-state index is 5.56. The fraction of sp³-hybridized carbons (Fsp3) is 1.00. The third-order valence-corrected chi connectivity index (χ3v) is 3.27. The second-order valence-electron chi connectivity index (χ2n) is 4.99. The van der Waals surface area contributed by atoms with Crippen molar-refractivity contribution in [3.63, 3.8) is 0 Å². The maximum Gasteiger partial charge on any atom is 0.0775 e. The summed E-state index contributed by atoms with van der Waals surface area (Å²) in [5.41, 5.74) is -0.0300. The monoisotopic (exact) mass is 199 g/mol. The summed E-state index contributed by atoms with van der Waals surface area (Å²) in [4.78, 5) is 0. The molecule has 0 radical (unpaired) electrons. The first-order valence-electron chi connectivity index (χ1n) is 5.88. The van der Waals surface area contributed by atoms with Gasteiger partial charge in [0.25, 0.3) is 0 Å². The van der Waals surface area contributed by atoms with Crippen LogP contribution >= 0.6 is 0 Å². The molecule has 0 heterocycles. The standard InChI is InChI=1S/C12H25NO/c1-5-8-13-11(9-10-6-7-10)12(2,3)14-4/h10-11,13H,5-9H2,1-4H3. The van der Waals surface area contributed by atoms with Crippen LogP contribution in [0.25, 0.3) is 0 Å². The molecule has 0 bridgehead atoms. The third kappa shape index (κ3) is 3.58. The molecule has 0 amide bonds. The minimum Gasteiger partial charge on any atom is -0.377 e. The van der Waals surface area contributed by atoms with Gasteiger partial charge in [0.2, 0.25) is 0 Å². The van der Waals surface area contributed by atoms with E-state index in [4.69, 9.17) is 4.74 Å². The van der Waals surface area contributed by atoms with Crippen molar-refractivity contribution >= 4 is 0 Å². The molecular formula is C12H25NO. The number of nitrogens with one attached hydrogen (secondary N) is 1. The van der Waals surface area contributed by atoms with Gasteiger partial charge in [0.05, 0.1) is 5.60 Å². The quantitative estimate of drug-likeness (QED) is 0.680. The highest BCUT2D eigenvalue weighted by atomic mass is 16.5. The van der Waals surface area contributed by atoms with Crippen molar-refractivity contribution in [1.29, 1.82) is 0 Å². The van der Waals surface area contributed by atoms with Crippen molar-refractivity contribution in [2.75, 3.05) is 13.7 Å². The van der Waals surface area contributed by atoms with Crippen LogP contribution in [0.1, 0.15) is 46.5 Å². The zero-order chi connectivity index (χ0) is 10.6. The Kier molecular flexibility index (Phi) is 4.39. The topological polar surface area (TPSA) is 21.3 Å². The second kappa shape index (κ2) is 5.13. The fourth-order valence-electron chi connectivity index (χ4n) is 1.76. The van der Waals surface area contributed by atoms with E-state index in [-0.39, 0.29) is 5.60 Å². The van der Waals surface area contributed by atoms with Crippen LogP contribution in [-0.4, -0.2) is 25.3 Å². The molecule has 0 aromatic carbocycles. The van der Waals surface area contributed by atoms with Gasteiger partial charge < -0.3 is 10.1 Å². The molecule has 2 nitrogen and oxygen atoms in total. The lowest BCUT2D eigenvalue weighted by atomic mass is 9.93. The van der Waals surface area contributed by atoms with Crippen LogP contribution in [0.4, 0.5) is 0 Å². The average Bonchev–Trinajstić information content (AvgIpc) is 2.95. The first-order valence-corrected chi connectivity index (χ1v) is 5.88. The van der Waals surface area contributed by atoms with Gasteiger partial charge in [-0.25, -0.2) is 0 Å². The molecule has 1 N–H and O–H groups in total. The summed E-state index contributed by atoms with van der Waals surface area (Å²) in [6.45, 7) is 7.68. The van der Waals surface area contributed by atoms with Crippen molar-refractivity contribution in [3.05, 3.63) is 0 Å². The van der Waals surface area contributed by atoms with E-state index in [0.717, 1.165) is 12.5 Å². The predicted octanol–water partition coefficient (Wildman–Crippen LogP) is 2.58. The fourth-order valence-corrected chi connectivity index (χ4v) is 1.76. The molecule has 84 valence electrons. The van der Waals surface area contributed by atoms with E-state index in [1.807, 2.05) is 7.11 Å². The Hall–Kier alpha value is -0.0800. The Morgan fingerprint density at radius 2 is 2.07 bits per heavy atom. The van der Waals surface area contributed by atoms with E-state index in [1.54, 1.807) is 0 Å². The van der Waals surface area contributed by atoms with Crippen LogP contribution in [0, 0.1) is 5.92 Å². The van der Waals surface area contributed by atoms with Gasteiger partial charge in [-0.15, -0.1) is 0 Å². The van der Waals surface area contributed by atoms with Crippen LogP contribution in [0.15, 0.2) is 0 Å². The van der Waals surface area contributed by atoms with E-state index in [9.17, 15) is 0 Å². The molecule has 1 aliphatic carbocycles. The highest BCUT2D eigenvalue weighted by molar-refractivity contribution is 4.90. The highest BCUT2D eigenvalue weighted by Crippen LogP contribution is 2.36. The van der Waals surface area contributed by atoms with Gasteiger partial charge in [-0.3, -0.25) is 0 Å². The van der Waals surface area contributed by atoms with Gasteiger partial charge >= 0.3 is 0 Å². The molecule has 0 aromatic rings. The van der Waals surface area contributed by atoms with Crippen LogP contribution in [0.3, 0.4) is 0 Å². The normalized spacial score (nSPS) is 19.7. The van der Waals surface area contributed by atoms with E-state index in [2.05, 4.69) is 26.1 Å². The van der Waals surface area contributed by atoms with Crippen LogP contribution in [0.2, 0.25) is 0 Å². The molecule has 0 aliphatic heterocycles. The molecule has 0 spiro atoms. The number of hydrogen-bond donors (Lipinski definition) is 1. The Morgan fingerprint density at radius 3 is 2.50 bits per heavy atom. The van der Waals surface area contributed by atoms with Crippen molar-refractivity contribution < 1.29 is 4.74 Å². The Labute approximate surface area is 88.4 Å². The molecule has 1 fully saturated rings. The molecule has 2 heteroatoms. The number of hydrogen-bond acceptors (Lipinski definition) is 2. The maximum atomic E-state index is 5.56. The summed E-state index contributed by atoms with van der Waals surface area (Å²) < 4.78 is 5.56. The minimum atomic E-state index is -0.0300. The largest absolute Gasteiger partial charge is 0.377 e. The zero-order valence-corrected chi connectivity index (χ0v) is 10.1. The molecule has 1 saturated carbocycles. The zero-order valence-electron chi connectivity index (χ0n) is 10.1. The van der Waals surface area contributed by atoms with Gasteiger partial charge in [0.15, 0.2) is 0 Å².